The van der Waals surface area contributed by atoms with Crippen LogP contribution in [0.3, 0.4) is 0 Å². The average molecular weight is 342 g/mol. The van der Waals surface area contributed by atoms with Gasteiger partial charge in [-0.15, -0.1) is 0 Å². The van der Waals surface area contributed by atoms with E-state index < -0.39 is 22.0 Å². The van der Waals surface area contributed by atoms with Gasteiger partial charge in [-0.3, -0.25) is 4.79 Å². The molecule has 0 spiro atoms. The Kier molecular flexibility index (Phi) is 8.05. The smallest absolute Gasteiger partial charge is 0.323 e. The van der Waals surface area contributed by atoms with E-state index in [1.54, 1.807) is 0 Å². The van der Waals surface area contributed by atoms with Gasteiger partial charge in [0.05, 0.1) is 12.9 Å². The molecule has 0 aliphatic carbocycles. The zero-order valence-corrected chi connectivity index (χ0v) is 14.7. The fraction of sp³-hybridized carbons (Fsp3) is 0.562. The van der Waals surface area contributed by atoms with Gasteiger partial charge in [-0.2, -0.15) is 0 Å². The second kappa shape index (κ2) is 9.52. The molecule has 1 aromatic carbocycles. The number of anilines is 1. The van der Waals surface area contributed by atoms with Crippen LogP contribution in [0.2, 0.25) is 0 Å². The molecule has 7 heteroatoms. The lowest BCUT2D eigenvalue weighted by atomic mass is 10.1. The van der Waals surface area contributed by atoms with E-state index in [0.29, 0.717) is 19.4 Å². The summed E-state index contributed by atoms with van der Waals surface area (Å²) in [4.78, 5) is 11.7. The van der Waals surface area contributed by atoms with Crippen molar-refractivity contribution in [1.82, 2.24) is 4.72 Å². The molecule has 0 saturated heterocycles. The molecule has 0 bridgehead atoms. The molecule has 0 amide bonds. The fourth-order valence-corrected chi connectivity index (χ4v) is 3.40. The number of benzene rings is 1. The topological polar surface area (TPSA) is 84.5 Å². The predicted octanol–water partition coefficient (Wildman–Crippen LogP) is 2.00. The monoisotopic (exact) mass is 342 g/mol. The third kappa shape index (κ3) is 7.99. The predicted molar refractivity (Wildman–Crippen MR) is 91.7 cm³/mol. The van der Waals surface area contributed by atoms with Gasteiger partial charge in [0.2, 0.25) is 10.0 Å². The summed E-state index contributed by atoms with van der Waals surface area (Å²) in [5.74, 6) is -0.412. The van der Waals surface area contributed by atoms with E-state index in [2.05, 4.69) is 14.8 Å². The van der Waals surface area contributed by atoms with Gasteiger partial charge in [0.15, 0.2) is 0 Å². The van der Waals surface area contributed by atoms with Gasteiger partial charge in [0, 0.05) is 12.2 Å². The Morgan fingerprint density at radius 3 is 2.43 bits per heavy atom. The highest BCUT2D eigenvalue weighted by atomic mass is 32.2. The first-order valence-electron chi connectivity index (χ1n) is 7.71. The normalized spacial score (nSPS) is 12.9. The summed E-state index contributed by atoms with van der Waals surface area (Å²) >= 11 is 0. The molecule has 0 aromatic heterocycles. The summed E-state index contributed by atoms with van der Waals surface area (Å²) in [6, 6.07) is 8.75. The van der Waals surface area contributed by atoms with Crippen LogP contribution in [0.4, 0.5) is 5.69 Å². The zero-order chi connectivity index (χ0) is 17.3. The van der Waals surface area contributed by atoms with Crippen molar-refractivity contribution < 1.29 is 17.9 Å². The quantitative estimate of drug-likeness (QED) is 0.502. The maximum absolute atomic E-state index is 12.1. The van der Waals surface area contributed by atoms with E-state index in [1.165, 1.54) is 7.11 Å². The standard InChI is InChI=1S/C16H26N2O4S/c1-13(2)12-15(16(19)22-3)18-23(20,21)11-7-10-17-14-8-5-4-6-9-14/h4-6,8-9,13,15,17-18H,7,10-12H2,1-3H3/t15-/m0/s1. The Balaban J connectivity index is 2.45. The van der Waals surface area contributed by atoms with Crippen molar-refractivity contribution in [3.63, 3.8) is 0 Å². The summed E-state index contributed by atoms with van der Waals surface area (Å²) in [6.07, 6.45) is 0.855. The number of sulfonamides is 1. The number of hydrogen-bond acceptors (Lipinski definition) is 5. The van der Waals surface area contributed by atoms with Crippen molar-refractivity contribution in [2.45, 2.75) is 32.7 Å². The van der Waals surface area contributed by atoms with Crippen LogP contribution in [0.15, 0.2) is 30.3 Å². The minimum Gasteiger partial charge on any atom is -0.468 e. The second-order valence-electron chi connectivity index (χ2n) is 5.79. The van der Waals surface area contributed by atoms with Crippen LogP contribution in [0.5, 0.6) is 0 Å². The van der Waals surface area contributed by atoms with Crippen molar-refractivity contribution in [1.29, 1.82) is 0 Å². The molecular formula is C16H26N2O4S. The van der Waals surface area contributed by atoms with Gasteiger partial charge in [0.1, 0.15) is 6.04 Å². The molecule has 0 unspecified atom stereocenters. The van der Waals surface area contributed by atoms with Crippen molar-refractivity contribution in [3.8, 4) is 0 Å². The van der Waals surface area contributed by atoms with E-state index in [-0.39, 0.29) is 11.7 Å². The maximum atomic E-state index is 12.1. The number of nitrogens with one attached hydrogen (secondary N) is 2. The molecule has 0 saturated carbocycles. The number of ether oxygens (including phenoxy) is 1. The molecule has 0 radical (unpaired) electrons. The molecule has 0 aliphatic heterocycles. The first kappa shape index (κ1) is 19.4. The number of methoxy groups -OCH3 is 1. The maximum Gasteiger partial charge on any atom is 0.323 e. The largest absolute Gasteiger partial charge is 0.468 e. The second-order valence-corrected chi connectivity index (χ2v) is 7.66. The summed E-state index contributed by atoms with van der Waals surface area (Å²) in [7, 11) is -2.27. The molecule has 1 aromatic rings. The minimum atomic E-state index is -3.53. The van der Waals surface area contributed by atoms with Gasteiger partial charge in [0.25, 0.3) is 0 Å². The van der Waals surface area contributed by atoms with E-state index in [4.69, 9.17) is 0 Å². The highest BCUT2D eigenvalue weighted by Gasteiger charge is 2.25. The van der Waals surface area contributed by atoms with Crippen molar-refractivity contribution in [2.75, 3.05) is 24.7 Å². The van der Waals surface area contributed by atoms with E-state index in [1.807, 2.05) is 44.2 Å². The van der Waals surface area contributed by atoms with Crippen LogP contribution in [-0.4, -0.2) is 39.8 Å². The van der Waals surface area contributed by atoms with E-state index >= 15 is 0 Å². The van der Waals surface area contributed by atoms with Crippen molar-refractivity contribution in [2.24, 2.45) is 5.92 Å². The van der Waals surface area contributed by atoms with Gasteiger partial charge >= 0.3 is 5.97 Å². The first-order chi connectivity index (χ1) is 10.8. The Morgan fingerprint density at radius 1 is 1.22 bits per heavy atom. The summed E-state index contributed by atoms with van der Waals surface area (Å²) in [6.45, 7) is 4.39. The third-order valence-electron chi connectivity index (χ3n) is 3.21. The Bertz CT molecular complexity index is 573. The van der Waals surface area contributed by atoms with Crippen molar-refractivity contribution >= 4 is 21.7 Å². The molecule has 1 atom stereocenters. The summed E-state index contributed by atoms with van der Waals surface area (Å²) < 4.78 is 31.3. The van der Waals surface area contributed by atoms with E-state index in [9.17, 15) is 13.2 Å². The lowest BCUT2D eigenvalue weighted by Crippen LogP contribution is -2.43. The van der Waals surface area contributed by atoms with E-state index in [0.717, 1.165) is 5.69 Å². The molecule has 130 valence electrons. The fourth-order valence-electron chi connectivity index (χ4n) is 2.13. The lowest BCUT2D eigenvalue weighted by molar-refractivity contribution is -0.143. The van der Waals surface area contributed by atoms with Gasteiger partial charge in [-0.1, -0.05) is 32.0 Å². The number of carbonyl (C=O) groups excluding carboxylic acids is 1. The Hall–Kier alpha value is -1.60. The van der Waals surface area contributed by atoms with Crippen LogP contribution in [0.1, 0.15) is 26.7 Å². The number of rotatable bonds is 10. The van der Waals surface area contributed by atoms with Crippen LogP contribution in [-0.2, 0) is 19.6 Å². The lowest BCUT2D eigenvalue weighted by Gasteiger charge is -2.18. The number of hydrogen-bond donors (Lipinski definition) is 2. The van der Waals surface area contributed by atoms with Gasteiger partial charge in [-0.25, -0.2) is 13.1 Å². The van der Waals surface area contributed by atoms with Crippen LogP contribution < -0.4 is 10.0 Å². The number of para-hydroxylation sites is 1. The SMILES string of the molecule is COC(=O)[C@H](CC(C)C)NS(=O)(=O)CCCNc1ccccc1. The number of esters is 1. The van der Waals surface area contributed by atoms with Crippen molar-refractivity contribution in [3.05, 3.63) is 30.3 Å². The highest BCUT2D eigenvalue weighted by molar-refractivity contribution is 7.89. The molecule has 6 nitrogen and oxygen atoms in total. The van der Waals surface area contributed by atoms with Gasteiger partial charge < -0.3 is 10.1 Å². The molecule has 1 rings (SSSR count). The molecule has 23 heavy (non-hydrogen) atoms. The van der Waals surface area contributed by atoms with Crippen LogP contribution in [0, 0.1) is 5.92 Å². The molecule has 0 heterocycles. The number of carbonyl (C=O) groups is 1. The molecule has 2 N–H and O–H groups in total. The summed E-state index contributed by atoms with van der Waals surface area (Å²) in [5, 5.41) is 3.15. The molecule has 0 fully saturated rings. The third-order valence-corrected chi connectivity index (χ3v) is 4.68. The first-order valence-corrected chi connectivity index (χ1v) is 9.36. The highest BCUT2D eigenvalue weighted by Crippen LogP contribution is 2.08. The summed E-state index contributed by atoms with van der Waals surface area (Å²) in [5.41, 5.74) is 0.949. The van der Waals surface area contributed by atoms with Crippen LogP contribution in [0.25, 0.3) is 0 Å². The molecule has 0 aliphatic rings. The molecular weight excluding hydrogens is 316 g/mol. The average Bonchev–Trinajstić information content (AvgIpc) is 2.50. The van der Waals surface area contributed by atoms with Gasteiger partial charge in [-0.05, 0) is 30.9 Å². The zero-order valence-electron chi connectivity index (χ0n) is 13.9. The minimum absolute atomic E-state index is 0.0432. The van der Waals surface area contributed by atoms with Crippen LogP contribution >= 0.6 is 0 Å². The Morgan fingerprint density at radius 2 is 1.87 bits per heavy atom. The Labute approximate surface area is 138 Å².